The highest BCUT2D eigenvalue weighted by molar-refractivity contribution is 7.86. The Balaban J connectivity index is 1.59. The third-order valence-corrected chi connectivity index (χ3v) is 13.2. The Kier molecular flexibility index (Phi) is 23.7. The van der Waals surface area contributed by atoms with Gasteiger partial charge in [0.1, 0.15) is 24.7 Å². The van der Waals surface area contributed by atoms with Gasteiger partial charge in [0.25, 0.3) is 10.1 Å². The fourth-order valence-corrected chi connectivity index (χ4v) is 8.87. The van der Waals surface area contributed by atoms with Gasteiger partial charge in [0, 0.05) is 32.5 Å². The molecule has 1 heterocycles. The molecule has 4 rings (SSSR count). The van der Waals surface area contributed by atoms with Gasteiger partial charge in [0.05, 0.1) is 44.2 Å². The number of ether oxygens (including phenoxy) is 2. The number of nitrogens with one attached hydrogen (secondary N) is 4. The number of hydrogen-bond acceptors (Lipinski definition) is 13. The second-order valence-corrected chi connectivity index (χ2v) is 20.8. The summed E-state index contributed by atoms with van der Waals surface area (Å²) >= 11 is 0. The Labute approximate surface area is 430 Å². The minimum Gasteiger partial charge on any atom is -0.449 e. The van der Waals surface area contributed by atoms with Crippen molar-refractivity contribution in [3.05, 3.63) is 102 Å². The molecule has 0 radical (unpaired) electrons. The van der Waals surface area contributed by atoms with Crippen LogP contribution >= 0.6 is 0 Å². The molecule has 1 unspecified atom stereocenters. The van der Waals surface area contributed by atoms with Gasteiger partial charge >= 0.3 is 5.97 Å². The fraction of sp³-hybridized carbons (Fsp3) is 0.500. The largest absolute Gasteiger partial charge is 0.449 e. The van der Waals surface area contributed by atoms with E-state index < -0.39 is 88.8 Å². The summed E-state index contributed by atoms with van der Waals surface area (Å²) in [6.07, 6.45) is 5.16. The van der Waals surface area contributed by atoms with E-state index in [2.05, 4.69) is 27.2 Å². The van der Waals surface area contributed by atoms with Crippen LogP contribution in [0.25, 0.3) is 0 Å². The van der Waals surface area contributed by atoms with Gasteiger partial charge < -0.3 is 35.6 Å². The lowest BCUT2D eigenvalue weighted by molar-refractivity contribution is -0.169. The van der Waals surface area contributed by atoms with Crippen LogP contribution in [0.3, 0.4) is 0 Å². The van der Waals surface area contributed by atoms with Crippen LogP contribution < -0.4 is 21.3 Å². The Hall–Kier alpha value is -6.46. The van der Waals surface area contributed by atoms with Crippen LogP contribution in [0.15, 0.2) is 89.8 Å². The van der Waals surface area contributed by atoms with Crippen molar-refractivity contribution in [1.29, 1.82) is 0 Å². The lowest BCUT2D eigenvalue weighted by Gasteiger charge is -2.36. The molecule has 73 heavy (non-hydrogen) atoms. The van der Waals surface area contributed by atoms with E-state index in [0.29, 0.717) is 38.3 Å². The maximum atomic E-state index is 14.7. The van der Waals surface area contributed by atoms with Crippen LogP contribution in [-0.2, 0) is 70.2 Å². The minimum atomic E-state index is -4.49. The number of hydrogen-bond donors (Lipinski definition) is 4. The third-order valence-electron chi connectivity index (χ3n) is 11.9. The third kappa shape index (κ3) is 20.2. The zero-order chi connectivity index (χ0) is 53.6. The molecule has 1 saturated heterocycles. The molecule has 1 aliphatic rings. The van der Waals surface area contributed by atoms with Crippen molar-refractivity contribution < 1.29 is 55.6 Å². The average Bonchev–Trinajstić information content (AvgIpc) is 3.36. The summed E-state index contributed by atoms with van der Waals surface area (Å²) in [5.74, 6) is -2.75. The van der Waals surface area contributed by atoms with Crippen LogP contribution in [0, 0.1) is 31.1 Å². The van der Waals surface area contributed by atoms with Gasteiger partial charge in [-0.05, 0) is 68.2 Å². The molecule has 1 aliphatic heterocycles. The second kappa shape index (κ2) is 29.3. The molecule has 0 bridgehead atoms. The smallest absolute Gasteiger partial charge is 0.307 e. The van der Waals surface area contributed by atoms with Crippen LogP contribution in [0.2, 0.25) is 0 Å². The molecular formula is C54H72N6O12S. The van der Waals surface area contributed by atoms with Crippen LogP contribution in [-0.4, -0.2) is 142 Å². The first-order valence-electron chi connectivity index (χ1n) is 24.7. The standard InChI is InChI=1S/C54H72N6O12S/c1-8-27-55-48(62)25-26-50(64)72-54(7,37-71-73(68,69)43-22-19-40(6)20-23-43)47(61)34-56-51(65)45(33-42-17-13-10-14-18-42)57-52(66)44(32-38(2)3)58-53(67)46(24-21-41-15-11-9-12-16-41)60(35-39(4)5)49(63)36-59-28-30-70-31-29-59/h1,9-20,22-23,38-39,44-46H,21,24-37H2,2-7H3,(H,55,62)(H,56,65)(H,57,66)(H,58,67)/t44-,45-,46-,54?/m0/s1. The number of aryl methyl sites for hydroxylation is 2. The molecule has 4 N–H and O–H groups in total. The van der Waals surface area contributed by atoms with E-state index >= 15 is 0 Å². The van der Waals surface area contributed by atoms with E-state index in [-0.39, 0.29) is 68.0 Å². The molecule has 0 saturated carbocycles. The maximum absolute atomic E-state index is 14.7. The molecule has 19 heteroatoms. The van der Waals surface area contributed by atoms with E-state index in [4.69, 9.17) is 20.1 Å². The minimum absolute atomic E-state index is 0.00136. The fourth-order valence-electron chi connectivity index (χ4n) is 7.88. The number of carbonyl (C=O) groups excluding carboxylic acids is 7. The molecule has 396 valence electrons. The van der Waals surface area contributed by atoms with Crippen molar-refractivity contribution in [1.82, 2.24) is 31.1 Å². The quantitative estimate of drug-likeness (QED) is 0.0445. The maximum Gasteiger partial charge on any atom is 0.307 e. The number of morpholine rings is 1. The SMILES string of the molecule is C#CCNC(=O)CCC(=O)OC(C)(COS(=O)(=O)c1ccc(C)cc1)C(=O)CNC(=O)[C@H](Cc1ccccc1)NC(=O)[C@H](CC(C)C)NC(=O)[C@H](CCc1ccccc1)N(CC(C)C)C(=O)CN1CCOCC1. The van der Waals surface area contributed by atoms with Crippen molar-refractivity contribution in [2.24, 2.45) is 11.8 Å². The average molecular weight is 1030 g/mol. The van der Waals surface area contributed by atoms with Gasteiger partial charge in [0.15, 0.2) is 11.4 Å². The van der Waals surface area contributed by atoms with Crippen molar-refractivity contribution in [3.63, 3.8) is 0 Å². The Morgan fingerprint density at radius 3 is 2.01 bits per heavy atom. The van der Waals surface area contributed by atoms with Gasteiger partial charge in [0.2, 0.25) is 29.5 Å². The van der Waals surface area contributed by atoms with Gasteiger partial charge in [-0.15, -0.1) is 6.42 Å². The number of ketones is 1. The molecule has 0 spiro atoms. The summed E-state index contributed by atoms with van der Waals surface area (Å²) in [6.45, 7) is 11.2. The molecule has 0 aromatic heterocycles. The molecule has 0 aliphatic carbocycles. The van der Waals surface area contributed by atoms with Crippen molar-refractivity contribution >= 4 is 51.4 Å². The number of terminal acetylenes is 1. The molecule has 18 nitrogen and oxygen atoms in total. The van der Waals surface area contributed by atoms with E-state index in [9.17, 15) is 42.0 Å². The highest BCUT2D eigenvalue weighted by Crippen LogP contribution is 2.21. The van der Waals surface area contributed by atoms with Crippen LogP contribution in [0.5, 0.6) is 0 Å². The predicted molar refractivity (Wildman–Crippen MR) is 274 cm³/mol. The molecule has 4 atom stereocenters. The van der Waals surface area contributed by atoms with Gasteiger partial charge in [-0.1, -0.05) is 112 Å². The number of esters is 1. The second-order valence-electron chi connectivity index (χ2n) is 19.2. The first kappa shape index (κ1) is 59.1. The zero-order valence-electron chi connectivity index (χ0n) is 42.9. The normalized spacial score (nSPS) is 14.9. The van der Waals surface area contributed by atoms with Crippen LogP contribution in [0.4, 0.5) is 0 Å². The van der Waals surface area contributed by atoms with Gasteiger partial charge in [-0.3, -0.25) is 42.6 Å². The first-order chi connectivity index (χ1) is 34.7. The number of Topliss-reactive ketones (excluding diaryl/α,β-unsaturated/α-hetero) is 1. The van der Waals surface area contributed by atoms with E-state index in [1.807, 2.05) is 62.9 Å². The van der Waals surface area contributed by atoms with E-state index in [1.54, 1.807) is 54.3 Å². The summed E-state index contributed by atoms with van der Waals surface area (Å²) in [5, 5.41) is 10.7. The molecule has 5 amide bonds. The number of nitrogens with zero attached hydrogens (tertiary/aromatic N) is 2. The van der Waals surface area contributed by atoms with Crippen molar-refractivity contribution in [2.45, 2.75) is 109 Å². The lowest BCUT2D eigenvalue weighted by Crippen LogP contribution is -2.59. The van der Waals surface area contributed by atoms with Gasteiger partial charge in [-0.2, -0.15) is 8.42 Å². The summed E-state index contributed by atoms with van der Waals surface area (Å²) < 4.78 is 42.8. The summed E-state index contributed by atoms with van der Waals surface area (Å²) in [7, 11) is -4.49. The number of benzene rings is 3. The number of rotatable bonds is 29. The van der Waals surface area contributed by atoms with E-state index in [0.717, 1.165) is 18.1 Å². The number of carbonyl (C=O) groups is 7. The Morgan fingerprint density at radius 2 is 1.41 bits per heavy atom. The molecule has 3 aromatic rings. The Bertz CT molecular complexity index is 2460. The zero-order valence-corrected chi connectivity index (χ0v) is 43.7. The highest BCUT2D eigenvalue weighted by Gasteiger charge is 2.41. The van der Waals surface area contributed by atoms with E-state index in [1.165, 1.54) is 12.1 Å². The summed E-state index contributed by atoms with van der Waals surface area (Å²) in [6, 6.07) is 20.6. The molecular weight excluding hydrogens is 957 g/mol. The van der Waals surface area contributed by atoms with Crippen molar-refractivity contribution in [2.75, 3.05) is 59.1 Å². The van der Waals surface area contributed by atoms with Gasteiger partial charge in [-0.25, -0.2) is 0 Å². The summed E-state index contributed by atoms with van der Waals surface area (Å²) in [5.41, 5.74) is 0.0701. The molecule has 1 fully saturated rings. The topological polar surface area (TPSA) is 236 Å². The Morgan fingerprint density at radius 1 is 0.795 bits per heavy atom. The predicted octanol–water partition coefficient (Wildman–Crippen LogP) is 3.29. The number of amides is 5. The summed E-state index contributed by atoms with van der Waals surface area (Å²) in [4.78, 5) is 100. The first-order valence-corrected chi connectivity index (χ1v) is 26.1. The monoisotopic (exact) mass is 1030 g/mol. The van der Waals surface area contributed by atoms with Crippen LogP contribution in [0.1, 0.15) is 77.0 Å². The highest BCUT2D eigenvalue weighted by atomic mass is 32.2. The molecule has 3 aromatic carbocycles. The lowest BCUT2D eigenvalue weighted by atomic mass is 9.98. The van der Waals surface area contributed by atoms with Crippen molar-refractivity contribution in [3.8, 4) is 12.3 Å².